The number of hydrogen-bond acceptors (Lipinski definition) is 4. The van der Waals surface area contributed by atoms with Gasteiger partial charge in [0.1, 0.15) is 0 Å². The lowest BCUT2D eigenvalue weighted by atomic mass is 10.3. The molecule has 0 radical (unpaired) electrons. The van der Waals surface area contributed by atoms with Crippen LogP contribution in [0.2, 0.25) is 0 Å². The smallest absolute Gasteiger partial charge is 0.329 e. The molecule has 0 atom stereocenters. The quantitative estimate of drug-likeness (QED) is 0.351. The number of rotatable bonds is 11. The lowest BCUT2D eigenvalue weighted by molar-refractivity contribution is -0.116. The van der Waals surface area contributed by atoms with Crippen LogP contribution in [-0.2, 0) is 29.2 Å². The van der Waals surface area contributed by atoms with E-state index in [1.165, 1.54) is 0 Å². The van der Waals surface area contributed by atoms with Gasteiger partial charge in [0.2, 0.25) is 11.9 Å². The lowest BCUT2D eigenvalue weighted by Gasteiger charge is -2.10. The van der Waals surface area contributed by atoms with Crippen LogP contribution in [0, 0.1) is 0 Å². The van der Waals surface area contributed by atoms with E-state index in [1.54, 1.807) is 9.13 Å². The molecule has 33 heavy (non-hydrogen) atoms. The Balaban J connectivity index is 1.51. The van der Waals surface area contributed by atoms with Gasteiger partial charge in [0, 0.05) is 39.3 Å². The van der Waals surface area contributed by atoms with Gasteiger partial charge in [-0.2, -0.15) is 0 Å². The molecule has 8 nitrogen and oxygen atoms in total. The number of aromatic nitrogens is 4. The maximum Gasteiger partial charge on any atom is 0.329 e. The van der Waals surface area contributed by atoms with Crippen LogP contribution >= 0.6 is 0 Å². The minimum atomic E-state index is -0.171. The first-order chi connectivity index (χ1) is 16.1. The summed E-state index contributed by atoms with van der Waals surface area (Å²) in [5.41, 5.74) is 3.49. The second-order valence-electron chi connectivity index (χ2n) is 8.00. The number of fused-ring (bicyclic) bond motifs is 2. The molecule has 1 N–H and O–H groups in total. The maximum absolute atomic E-state index is 13.0. The number of carbonyl (C=O) groups is 1. The summed E-state index contributed by atoms with van der Waals surface area (Å²) in [5, 5.41) is 2.96. The van der Waals surface area contributed by atoms with Gasteiger partial charge in [0.15, 0.2) is 0 Å². The number of ether oxygens (including phenoxy) is 1. The molecular formula is C25H31N5O3. The lowest BCUT2D eigenvalue weighted by Crippen LogP contribution is -2.26. The summed E-state index contributed by atoms with van der Waals surface area (Å²) in [6, 6.07) is 15.6. The molecule has 2 heterocycles. The fourth-order valence-corrected chi connectivity index (χ4v) is 4.20. The van der Waals surface area contributed by atoms with Crippen LogP contribution in [0.15, 0.2) is 53.3 Å². The maximum atomic E-state index is 13.0. The van der Waals surface area contributed by atoms with E-state index in [2.05, 4.69) is 10.3 Å². The Bertz CT molecular complexity index is 1300. The van der Waals surface area contributed by atoms with Gasteiger partial charge in [0.25, 0.3) is 0 Å². The highest BCUT2D eigenvalue weighted by Gasteiger charge is 2.16. The molecule has 2 aromatic carbocycles. The van der Waals surface area contributed by atoms with Crippen LogP contribution in [0.4, 0.5) is 5.95 Å². The van der Waals surface area contributed by atoms with Crippen molar-refractivity contribution in [2.45, 2.75) is 52.7 Å². The van der Waals surface area contributed by atoms with Crippen molar-refractivity contribution in [3.8, 4) is 0 Å². The van der Waals surface area contributed by atoms with Gasteiger partial charge in [0.05, 0.1) is 22.1 Å². The van der Waals surface area contributed by atoms with E-state index in [0.29, 0.717) is 38.8 Å². The first-order valence-corrected chi connectivity index (χ1v) is 11.6. The molecular weight excluding hydrogens is 418 g/mol. The van der Waals surface area contributed by atoms with Crippen LogP contribution in [0.1, 0.15) is 33.1 Å². The van der Waals surface area contributed by atoms with Crippen molar-refractivity contribution in [3.05, 3.63) is 59.0 Å². The highest BCUT2D eigenvalue weighted by atomic mass is 16.5. The Morgan fingerprint density at radius 1 is 0.909 bits per heavy atom. The predicted octanol–water partition coefficient (Wildman–Crippen LogP) is 4.02. The van der Waals surface area contributed by atoms with E-state index in [9.17, 15) is 9.59 Å². The number of aryl methyl sites for hydroxylation is 3. The normalized spacial score (nSPS) is 11.5. The summed E-state index contributed by atoms with van der Waals surface area (Å²) in [4.78, 5) is 30.4. The monoisotopic (exact) mass is 449 g/mol. The van der Waals surface area contributed by atoms with E-state index in [1.807, 2.05) is 66.9 Å². The van der Waals surface area contributed by atoms with Gasteiger partial charge in [-0.1, -0.05) is 31.2 Å². The Labute approximate surface area is 192 Å². The third kappa shape index (κ3) is 4.85. The first-order valence-electron chi connectivity index (χ1n) is 11.6. The zero-order chi connectivity index (χ0) is 23.2. The molecule has 0 aliphatic carbocycles. The number of anilines is 1. The summed E-state index contributed by atoms with van der Waals surface area (Å²) < 4.78 is 11.0. The molecule has 4 aromatic rings. The molecule has 0 aliphatic heterocycles. The van der Waals surface area contributed by atoms with Crippen molar-refractivity contribution in [2.24, 2.45) is 0 Å². The molecule has 4 rings (SSSR count). The van der Waals surface area contributed by atoms with Crippen molar-refractivity contribution in [2.75, 3.05) is 18.5 Å². The molecule has 0 unspecified atom stereocenters. The fraction of sp³-hybridized carbons (Fsp3) is 0.400. The van der Waals surface area contributed by atoms with Crippen LogP contribution in [0.3, 0.4) is 0 Å². The third-order valence-corrected chi connectivity index (χ3v) is 5.72. The zero-order valence-electron chi connectivity index (χ0n) is 19.3. The van der Waals surface area contributed by atoms with Crippen molar-refractivity contribution in [3.63, 3.8) is 0 Å². The summed E-state index contributed by atoms with van der Waals surface area (Å²) in [6.07, 6.45) is 1.87. The Kier molecular flexibility index (Phi) is 7.24. The largest absolute Gasteiger partial charge is 0.382 e. The minimum absolute atomic E-state index is 0.0750. The van der Waals surface area contributed by atoms with Crippen molar-refractivity contribution >= 4 is 33.9 Å². The highest BCUT2D eigenvalue weighted by Crippen LogP contribution is 2.20. The molecule has 0 bridgehead atoms. The molecule has 174 valence electrons. The molecule has 2 aromatic heterocycles. The second kappa shape index (κ2) is 10.5. The van der Waals surface area contributed by atoms with E-state index in [0.717, 1.165) is 34.9 Å². The zero-order valence-corrected chi connectivity index (χ0v) is 19.3. The molecule has 0 spiro atoms. The predicted molar refractivity (Wildman–Crippen MR) is 131 cm³/mol. The number of amides is 1. The van der Waals surface area contributed by atoms with Crippen molar-refractivity contribution in [1.29, 1.82) is 0 Å². The van der Waals surface area contributed by atoms with E-state index in [4.69, 9.17) is 4.74 Å². The van der Waals surface area contributed by atoms with Gasteiger partial charge in [-0.3, -0.25) is 19.2 Å². The number of nitrogens with zero attached hydrogens (tertiary/aromatic N) is 4. The number of benzene rings is 2. The summed E-state index contributed by atoms with van der Waals surface area (Å²) in [7, 11) is 0. The standard InChI is InChI=1S/C25H31N5O3/c1-3-15-29-21-12-7-8-13-22(21)30(25(29)32)17-14-23(31)27-24-26-19-10-5-6-11-20(19)28(24)16-9-18-33-4-2/h5-8,10-13H,3-4,9,14-18H2,1-2H3,(H,26,27,31). The number of imidazole rings is 2. The average Bonchev–Trinajstić information content (AvgIpc) is 3.30. The highest BCUT2D eigenvalue weighted by molar-refractivity contribution is 5.91. The fourth-order valence-electron chi connectivity index (χ4n) is 4.20. The molecule has 8 heteroatoms. The Hall–Kier alpha value is -3.39. The SMILES string of the molecule is CCCn1c(=O)n(CCC(=O)Nc2nc3ccccc3n2CCCOCC)c2ccccc21. The minimum Gasteiger partial charge on any atom is -0.382 e. The molecule has 0 saturated carbocycles. The number of nitrogens with one attached hydrogen (secondary N) is 1. The van der Waals surface area contributed by atoms with E-state index in [-0.39, 0.29) is 18.0 Å². The van der Waals surface area contributed by atoms with Gasteiger partial charge in [-0.25, -0.2) is 9.78 Å². The van der Waals surface area contributed by atoms with E-state index < -0.39 is 0 Å². The van der Waals surface area contributed by atoms with Crippen LogP contribution in [0.5, 0.6) is 0 Å². The topological polar surface area (TPSA) is 83.1 Å². The van der Waals surface area contributed by atoms with Crippen LogP contribution in [-0.4, -0.2) is 37.8 Å². The average molecular weight is 450 g/mol. The Morgan fingerprint density at radius 3 is 2.27 bits per heavy atom. The number of hydrogen-bond donors (Lipinski definition) is 1. The third-order valence-electron chi connectivity index (χ3n) is 5.72. The van der Waals surface area contributed by atoms with Crippen LogP contribution in [0.25, 0.3) is 22.1 Å². The van der Waals surface area contributed by atoms with Gasteiger partial charge in [-0.15, -0.1) is 0 Å². The molecule has 0 fully saturated rings. The van der Waals surface area contributed by atoms with Gasteiger partial charge in [-0.05, 0) is 44.0 Å². The first kappa shape index (κ1) is 22.8. The Morgan fingerprint density at radius 2 is 1.58 bits per heavy atom. The summed E-state index contributed by atoms with van der Waals surface area (Å²) >= 11 is 0. The second-order valence-corrected chi connectivity index (χ2v) is 8.00. The summed E-state index contributed by atoms with van der Waals surface area (Å²) in [5.74, 6) is 0.356. The summed E-state index contributed by atoms with van der Waals surface area (Å²) in [6.45, 7) is 7.02. The number of para-hydroxylation sites is 4. The molecule has 0 saturated heterocycles. The van der Waals surface area contributed by atoms with Crippen LogP contribution < -0.4 is 11.0 Å². The van der Waals surface area contributed by atoms with Gasteiger partial charge >= 0.3 is 5.69 Å². The van der Waals surface area contributed by atoms with E-state index >= 15 is 0 Å². The van der Waals surface area contributed by atoms with Crippen molar-refractivity contribution in [1.82, 2.24) is 18.7 Å². The number of carbonyl (C=O) groups excluding carboxylic acids is 1. The molecule has 0 aliphatic rings. The van der Waals surface area contributed by atoms with Crippen molar-refractivity contribution < 1.29 is 9.53 Å². The molecule has 1 amide bonds. The van der Waals surface area contributed by atoms with Gasteiger partial charge < -0.3 is 9.30 Å².